The number of hydrogen-bond donors (Lipinski definition) is 1. The quantitative estimate of drug-likeness (QED) is 0.523. The Kier molecular flexibility index (Phi) is 7.53. The molecule has 2 aromatic carbocycles. The van der Waals surface area contributed by atoms with Crippen molar-refractivity contribution >= 4 is 15.9 Å². The van der Waals surface area contributed by atoms with E-state index in [1.807, 2.05) is 0 Å². The van der Waals surface area contributed by atoms with Gasteiger partial charge in [0, 0.05) is 31.0 Å². The first-order chi connectivity index (χ1) is 17.5. The van der Waals surface area contributed by atoms with E-state index in [2.05, 4.69) is 5.32 Å². The van der Waals surface area contributed by atoms with Gasteiger partial charge in [-0.3, -0.25) is 14.2 Å². The Balaban J connectivity index is 1.50. The summed E-state index contributed by atoms with van der Waals surface area (Å²) in [6, 6.07) is 13.1. The Hall–Kier alpha value is -3.48. The van der Waals surface area contributed by atoms with Gasteiger partial charge in [0.25, 0.3) is 11.5 Å². The van der Waals surface area contributed by atoms with Crippen molar-refractivity contribution < 1.29 is 31.1 Å². The van der Waals surface area contributed by atoms with Gasteiger partial charge < -0.3 is 10.1 Å². The van der Waals surface area contributed by atoms with Crippen molar-refractivity contribution in [1.29, 1.82) is 0 Å². The predicted octanol–water partition coefficient (Wildman–Crippen LogP) is 3.12. The third-order valence-electron chi connectivity index (χ3n) is 5.94. The largest absolute Gasteiger partial charge is 0.416 e. The average Bonchev–Trinajstić information content (AvgIpc) is 2.88. The van der Waals surface area contributed by atoms with Crippen molar-refractivity contribution in [3.05, 3.63) is 93.4 Å². The maximum atomic E-state index is 13.1. The van der Waals surface area contributed by atoms with Crippen LogP contribution in [0.3, 0.4) is 0 Å². The smallest absolute Gasteiger partial charge is 0.379 e. The van der Waals surface area contributed by atoms with Gasteiger partial charge in [-0.15, -0.1) is 0 Å². The summed E-state index contributed by atoms with van der Waals surface area (Å²) in [5, 5.41) is 2.60. The number of nitrogens with one attached hydrogen (secondary N) is 1. The van der Waals surface area contributed by atoms with Crippen LogP contribution in [0.4, 0.5) is 13.2 Å². The lowest BCUT2D eigenvalue weighted by Crippen LogP contribution is -2.40. The number of morpholine rings is 1. The highest BCUT2D eigenvalue weighted by Crippen LogP contribution is 2.30. The summed E-state index contributed by atoms with van der Waals surface area (Å²) in [7, 11) is -3.65. The fourth-order valence-corrected chi connectivity index (χ4v) is 5.35. The van der Waals surface area contributed by atoms with E-state index in [-0.39, 0.29) is 35.8 Å². The number of hydrogen-bond acceptors (Lipinski definition) is 5. The molecule has 1 saturated heterocycles. The summed E-state index contributed by atoms with van der Waals surface area (Å²) in [5.41, 5.74) is -0.967. The molecule has 12 heteroatoms. The zero-order valence-corrected chi connectivity index (χ0v) is 20.6. The van der Waals surface area contributed by atoms with Crippen molar-refractivity contribution in [3.63, 3.8) is 0 Å². The van der Waals surface area contributed by atoms with E-state index in [9.17, 15) is 31.2 Å². The highest BCUT2D eigenvalue weighted by Gasteiger charge is 2.31. The van der Waals surface area contributed by atoms with Crippen LogP contribution in [0.5, 0.6) is 0 Å². The van der Waals surface area contributed by atoms with Gasteiger partial charge in [0.05, 0.1) is 23.7 Å². The number of ether oxygens (including phenoxy) is 1. The molecule has 1 aromatic heterocycles. The van der Waals surface area contributed by atoms with E-state index < -0.39 is 33.2 Å². The van der Waals surface area contributed by atoms with Gasteiger partial charge in [0.1, 0.15) is 5.56 Å². The van der Waals surface area contributed by atoms with Crippen LogP contribution in [0.2, 0.25) is 0 Å². The lowest BCUT2D eigenvalue weighted by Gasteiger charge is -2.26. The molecule has 1 N–H and O–H groups in total. The van der Waals surface area contributed by atoms with E-state index in [1.54, 1.807) is 19.1 Å². The van der Waals surface area contributed by atoms with Gasteiger partial charge >= 0.3 is 6.18 Å². The number of halogens is 3. The molecule has 1 fully saturated rings. The highest BCUT2D eigenvalue weighted by molar-refractivity contribution is 7.89. The van der Waals surface area contributed by atoms with Gasteiger partial charge in [0.2, 0.25) is 10.0 Å². The van der Waals surface area contributed by atoms with Gasteiger partial charge in [-0.05, 0) is 55.0 Å². The minimum atomic E-state index is -4.58. The molecule has 3 aromatic rings. The molecule has 0 spiro atoms. The average molecular weight is 536 g/mol. The lowest BCUT2D eigenvalue weighted by molar-refractivity contribution is -0.137. The van der Waals surface area contributed by atoms with E-state index in [0.29, 0.717) is 24.5 Å². The van der Waals surface area contributed by atoms with Crippen LogP contribution in [0.1, 0.15) is 27.2 Å². The van der Waals surface area contributed by atoms with Crippen molar-refractivity contribution in [2.24, 2.45) is 0 Å². The fourth-order valence-electron chi connectivity index (χ4n) is 3.94. The SMILES string of the molecule is Cc1ccc(C(=O)NCc2ccc(S(=O)(=O)N3CCOCC3)cc2)c(=O)n1-c1cccc(C(F)(F)F)c1. The number of carbonyl (C=O) groups excluding carboxylic acids is 1. The Labute approximate surface area is 211 Å². The summed E-state index contributed by atoms with van der Waals surface area (Å²) in [6.07, 6.45) is -4.58. The lowest BCUT2D eigenvalue weighted by atomic mass is 10.1. The second-order valence-corrected chi connectivity index (χ2v) is 10.4. The summed E-state index contributed by atoms with van der Waals surface area (Å²) in [6.45, 7) is 2.77. The molecule has 0 unspecified atom stereocenters. The molecular weight excluding hydrogens is 511 g/mol. The first-order valence-corrected chi connectivity index (χ1v) is 12.8. The van der Waals surface area contributed by atoms with Gasteiger partial charge in [0.15, 0.2) is 0 Å². The predicted molar refractivity (Wildman–Crippen MR) is 129 cm³/mol. The van der Waals surface area contributed by atoms with E-state index in [4.69, 9.17) is 4.74 Å². The highest BCUT2D eigenvalue weighted by atomic mass is 32.2. The third-order valence-corrected chi connectivity index (χ3v) is 7.85. The molecular formula is C25H24F3N3O5S. The maximum absolute atomic E-state index is 13.1. The number of aromatic nitrogens is 1. The molecule has 1 aliphatic heterocycles. The zero-order valence-electron chi connectivity index (χ0n) is 19.8. The second kappa shape index (κ2) is 10.5. The number of amides is 1. The maximum Gasteiger partial charge on any atom is 0.416 e. The number of aryl methyl sites for hydroxylation is 1. The summed E-state index contributed by atoms with van der Waals surface area (Å²) in [5.74, 6) is -0.712. The van der Waals surface area contributed by atoms with E-state index in [1.165, 1.54) is 40.7 Å². The number of benzene rings is 2. The molecule has 1 amide bonds. The van der Waals surface area contributed by atoms with Gasteiger partial charge in [-0.2, -0.15) is 17.5 Å². The number of carbonyl (C=O) groups is 1. The van der Waals surface area contributed by atoms with Gasteiger partial charge in [-0.25, -0.2) is 8.42 Å². The van der Waals surface area contributed by atoms with Crippen molar-refractivity contribution in [2.45, 2.75) is 24.5 Å². The molecule has 0 aliphatic carbocycles. The number of nitrogens with zero attached hydrogens (tertiary/aromatic N) is 2. The van der Waals surface area contributed by atoms with Crippen LogP contribution < -0.4 is 10.9 Å². The topological polar surface area (TPSA) is 97.7 Å². The van der Waals surface area contributed by atoms with E-state index in [0.717, 1.165) is 16.7 Å². The molecule has 0 radical (unpaired) electrons. The van der Waals surface area contributed by atoms with Crippen molar-refractivity contribution in [1.82, 2.24) is 14.2 Å². The number of sulfonamides is 1. The summed E-state index contributed by atoms with van der Waals surface area (Å²) < 4.78 is 72.5. The fraction of sp³-hybridized carbons (Fsp3) is 0.280. The molecule has 37 heavy (non-hydrogen) atoms. The summed E-state index contributed by atoms with van der Waals surface area (Å²) in [4.78, 5) is 25.9. The molecule has 0 atom stereocenters. The van der Waals surface area contributed by atoms with Crippen LogP contribution in [0.15, 0.2) is 70.4 Å². The number of alkyl halides is 3. The monoisotopic (exact) mass is 535 g/mol. The van der Waals surface area contributed by atoms with Crippen LogP contribution >= 0.6 is 0 Å². The summed E-state index contributed by atoms with van der Waals surface area (Å²) >= 11 is 0. The molecule has 196 valence electrons. The molecule has 0 bridgehead atoms. The van der Waals surface area contributed by atoms with Crippen molar-refractivity contribution in [3.8, 4) is 5.69 Å². The number of pyridine rings is 1. The first-order valence-electron chi connectivity index (χ1n) is 11.3. The third kappa shape index (κ3) is 5.76. The molecule has 1 aliphatic rings. The van der Waals surface area contributed by atoms with Crippen LogP contribution in [-0.2, 0) is 27.5 Å². The Bertz CT molecular complexity index is 1460. The first kappa shape index (κ1) is 26.6. The Morgan fingerprint density at radius 3 is 2.35 bits per heavy atom. The Morgan fingerprint density at radius 1 is 1.03 bits per heavy atom. The molecule has 2 heterocycles. The molecule has 8 nitrogen and oxygen atoms in total. The molecule has 0 saturated carbocycles. The molecule has 4 rings (SSSR count). The van der Waals surface area contributed by atoms with Crippen LogP contribution in [0, 0.1) is 6.92 Å². The van der Waals surface area contributed by atoms with Gasteiger partial charge in [-0.1, -0.05) is 18.2 Å². The zero-order chi connectivity index (χ0) is 26.8. The Morgan fingerprint density at radius 2 is 1.70 bits per heavy atom. The minimum Gasteiger partial charge on any atom is -0.379 e. The van der Waals surface area contributed by atoms with E-state index >= 15 is 0 Å². The standard InChI is InChI=1S/C25H24F3N3O5S/c1-17-5-10-22(24(33)31(17)20-4-2-3-19(15-20)25(26,27)28)23(32)29-16-18-6-8-21(9-7-18)37(34,35)30-11-13-36-14-12-30/h2-10,15H,11-14,16H2,1H3,(H,29,32). The van der Waals surface area contributed by atoms with Crippen molar-refractivity contribution in [2.75, 3.05) is 26.3 Å². The normalized spacial score (nSPS) is 14.9. The number of rotatable bonds is 6. The van der Waals surface area contributed by atoms with Crippen LogP contribution in [-0.4, -0.2) is 49.5 Å². The second-order valence-electron chi connectivity index (χ2n) is 8.42. The van der Waals surface area contributed by atoms with Crippen LogP contribution in [0.25, 0.3) is 5.69 Å². The minimum absolute atomic E-state index is 0.00753.